The van der Waals surface area contributed by atoms with Crippen LogP contribution in [0.25, 0.3) is 22.4 Å². The molecule has 0 fully saturated rings. The Bertz CT molecular complexity index is 1060. The van der Waals surface area contributed by atoms with E-state index in [0.717, 1.165) is 0 Å². The van der Waals surface area contributed by atoms with Crippen LogP contribution >= 0.6 is 11.6 Å². The second-order valence-electron chi connectivity index (χ2n) is 7.37. The van der Waals surface area contributed by atoms with Crippen LogP contribution in [0.3, 0.4) is 0 Å². The van der Waals surface area contributed by atoms with Crippen LogP contribution in [0.2, 0.25) is 5.02 Å². The molecule has 3 aromatic rings. The summed E-state index contributed by atoms with van der Waals surface area (Å²) < 4.78 is 19.4. The summed E-state index contributed by atoms with van der Waals surface area (Å²) in [5.74, 6) is -0.973. The highest BCUT2D eigenvalue weighted by Gasteiger charge is 2.19. The van der Waals surface area contributed by atoms with Gasteiger partial charge in [-0.3, -0.25) is 9.59 Å². The number of aromatic amines is 1. The molecule has 0 aliphatic heterocycles. The summed E-state index contributed by atoms with van der Waals surface area (Å²) in [6, 6.07) is 6.00. The quantitative estimate of drug-likeness (QED) is 0.595. The van der Waals surface area contributed by atoms with Gasteiger partial charge in [0.05, 0.1) is 22.5 Å². The molecule has 0 aliphatic carbocycles. The third-order valence-electron chi connectivity index (χ3n) is 3.83. The van der Waals surface area contributed by atoms with Crippen molar-refractivity contribution >= 4 is 40.3 Å². The number of esters is 1. The lowest BCUT2D eigenvalue weighted by atomic mass is 10.2. The molecule has 29 heavy (non-hydrogen) atoms. The van der Waals surface area contributed by atoms with Crippen LogP contribution in [0.5, 0.6) is 0 Å². The van der Waals surface area contributed by atoms with Crippen LogP contribution in [-0.4, -0.2) is 32.4 Å². The lowest BCUT2D eigenvalue weighted by Crippen LogP contribution is -2.24. The summed E-state index contributed by atoms with van der Waals surface area (Å²) in [5.41, 5.74) is 0.428. The summed E-state index contributed by atoms with van der Waals surface area (Å²) in [7, 11) is 0. The van der Waals surface area contributed by atoms with Crippen molar-refractivity contribution in [1.82, 2.24) is 15.0 Å². The van der Waals surface area contributed by atoms with Gasteiger partial charge in [-0.05, 0) is 39.0 Å². The van der Waals surface area contributed by atoms with E-state index in [1.807, 2.05) is 0 Å². The van der Waals surface area contributed by atoms with Crippen molar-refractivity contribution in [2.75, 3.05) is 5.32 Å². The van der Waals surface area contributed by atoms with Gasteiger partial charge in [0, 0.05) is 12.6 Å². The monoisotopic (exact) mass is 418 g/mol. The van der Waals surface area contributed by atoms with Gasteiger partial charge >= 0.3 is 5.97 Å². The third-order valence-corrected chi connectivity index (χ3v) is 4.15. The molecule has 2 heterocycles. The van der Waals surface area contributed by atoms with Crippen molar-refractivity contribution in [2.45, 2.75) is 39.2 Å². The van der Waals surface area contributed by atoms with Crippen LogP contribution in [0.4, 0.5) is 10.2 Å². The second-order valence-corrected chi connectivity index (χ2v) is 7.78. The van der Waals surface area contributed by atoms with Gasteiger partial charge in [0.25, 0.3) is 0 Å². The van der Waals surface area contributed by atoms with Gasteiger partial charge in [-0.15, -0.1) is 0 Å². The fourth-order valence-corrected chi connectivity index (χ4v) is 2.92. The molecule has 2 aromatic heterocycles. The molecule has 9 heteroatoms. The lowest BCUT2D eigenvalue weighted by Gasteiger charge is -2.19. The number of nitrogens with zero attached hydrogens (tertiary/aromatic N) is 2. The fraction of sp³-hybridized carbons (Fsp3) is 0.300. The van der Waals surface area contributed by atoms with Crippen LogP contribution < -0.4 is 5.32 Å². The molecule has 0 unspecified atom stereocenters. The van der Waals surface area contributed by atoms with Gasteiger partial charge in [0.15, 0.2) is 5.82 Å². The minimum Gasteiger partial charge on any atom is -0.460 e. The third kappa shape index (κ3) is 5.08. The predicted octanol–water partition coefficient (Wildman–Crippen LogP) is 4.48. The number of imidazole rings is 1. The van der Waals surface area contributed by atoms with Gasteiger partial charge in [0.1, 0.15) is 22.8 Å². The van der Waals surface area contributed by atoms with Crippen molar-refractivity contribution in [1.29, 1.82) is 0 Å². The van der Waals surface area contributed by atoms with Gasteiger partial charge < -0.3 is 15.0 Å². The maximum Gasteiger partial charge on any atom is 0.306 e. The van der Waals surface area contributed by atoms with Crippen LogP contribution in [0.1, 0.15) is 33.6 Å². The SMILES string of the molecule is CC(C)(C)OC(=O)CCC(=O)Nc1nccc2[nH]c(-c3c(F)cccc3Cl)nc12. The minimum atomic E-state index is -0.611. The van der Waals surface area contributed by atoms with Gasteiger partial charge in [-0.2, -0.15) is 0 Å². The molecule has 2 N–H and O–H groups in total. The summed E-state index contributed by atoms with van der Waals surface area (Å²) in [6.07, 6.45) is 1.36. The number of carbonyl (C=O) groups excluding carboxylic acids is 2. The molecule has 0 saturated carbocycles. The number of rotatable bonds is 5. The first-order chi connectivity index (χ1) is 13.6. The number of hydrogen-bond donors (Lipinski definition) is 2. The average Bonchev–Trinajstić information content (AvgIpc) is 3.03. The molecule has 0 aliphatic rings. The smallest absolute Gasteiger partial charge is 0.306 e. The zero-order chi connectivity index (χ0) is 21.2. The number of hydrogen-bond acceptors (Lipinski definition) is 5. The zero-order valence-electron chi connectivity index (χ0n) is 16.2. The number of benzene rings is 1. The van der Waals surface area contributed by atoms with Crippen molar-refractivity contribution in [3.8, 4) is 11.4 Å². The molecular formula is C20H20ClFN4O3. The number of amides is 1. The van der Waals surface area contributed by atoms with Crippen molar-refractivity contribution in [3.63, 3.8) is 0 Å². The predicted molar refractivity (Wildman–Crippen MR) is 108 cm³/mol. The maximum absolute atomic E-state index is 14.2. The molecule has 0 atom stereocenters. The van der Waals surface area contributed by atoms with E-state index in [0.29, 0.717) is 11.0 Å². The van der Waals surface area contributed by atoms with Crippen molar-refractivity contribution < 1.29 is 18.7 Å². The summed E-state index contributed by atoms with van der Waals surface area (Å²) in [6.45, 7) is 5.27. The summed E-state index contributed by atoms with van der Waals surface area (Å²) in [5, 5.41) is 2.84. The van der Waals surface area contributed by atoms with Crippen LogP contribution in [0.15, 0.2) is 30.5 Å². The maximum atomic E-state index is 14.2. The Morgan fingerprint density at radius 1 is 1.24 bits per heavy atom. The summed E-state index contributed by atoms with van der Waals surface area (Å²) >= 11 is 6.10. The molecular weight excluding hydrogens is 399 g/mol. The molecule has 1 aromatic carbocycles. The second kappa shape index (κ2) is 8.16. The minimum absolute atomic E-state index is 0.0598. The highest BCUT2D eigenvalue weighted by molar-refractivity contribution is 6.33. The Kier molecular flexibility index (Phi) is 5.83. The van der Waals surface area contributed by atoms with Crippen LogP contribution in [0, 0.1) is 5.82 Å². The first kappa shape index (κ1) is 20.7. The highest BCUT2D eigenvalue weighted by Crippen LogP contribution is 2.31. The van der Waals surface area contributed by atoms with E-state index in [4.69, 9.17) is 16.3 Å². The highest BCUT2D eigenvalue weighted by atomic mass is 35.5. The van der Waals surface area contributed by atoms with E-state index in [1.165, 1.54) is 18.3 Å². The molecule has 7 nitrogen and oxygen atoms in total. The average molecular weight is 419 g/mol. The number of carbonyl (C=O) groups is 2. The number of fused-ring (bicyclic) bond motifs is 1. The van der Waals surface area contributed by atoms with Gasteiger partial charge in [-0.25, -0.2) is 14.4 Å². The van der Waals surface area contributed by atoms with E-state index in [1.54, 1.807) is 32.9 Å². The zero-order valence-corrected chi connectivity index (χ0v) is 16.9. The largest absolute Gasteiger partial charge is 0.460 e. The molecule has 0 radical (unpaired) electrons. The summed E-state index contributed by atoms with van der Waals surface area (Å²) in [4.78, 5) is 35.5. The van der Waals surface area contributed by atoms with E-state index in [9.17, 15) is 14.0 Å². The number of H-pyrrole nitrogens is 1. The molecule has 3 rings (SSSR count). The number of pyridine rings is 1. The van der Waals surface area contributed by atoms with E-state index >= 15 is 0 Å². The molecule has 0 saturated heterocycles. The van der Waals surface area contributed by atoms with Gasteiger partial charge in [-0.1, -0.05) is 17.7 Å². The van der Waals surface area contributed by atoms with E-state index in [2.05, 4.69) is 20.3 Å². The number of nitrogens with one attached hydrogen (secondary N) is 2. The molecule has 1 amide bonds. The Labute approximate surface area is 171 Å². The van der Waals surface area contributed by atoms with Crippen molar-refractivity contribution in [3.05, 3.63) is 41.3 Å². The standard InChI is InChI=1S/C20H20ClFN4O3/c1-20(2,3)29-15(28)8-7-14(27)25-19-17-13(9-10-23-19)24-18(26-17)16-11(21)5-4-6-12(16)22/h4-6,9-10H,7-8H2,1-3H3,(H,24,26)(H,23,25,27). The normalized spacial score (nSPS) is 11.5. The lowest BCUT2D eigenvalue weighted by molar-refractivity contribution is -0.155. The number of ether oxygens (including phenoxy) is 1. The first-order valence-electron chi connectivity index (χ1n) is 8.95. The van der Waals surface area contributed by atoms with E-state index in [-0.39, 0.29) is 35.1 Å². The fourth-order valence-electron chi connectivity index (χ4n) is 2.67. The topological polar surface area (TPSA) is 97.0 Å². The molecule has 0 bridgehead atoms. The first-order valence-corrected chi connectivity index (χ1v) is 9.32. The van der Waals surface area contributed by atoms with Crippen molar-refractivity contribution in [2.24, 2.45) is 0 Å². The number of aromatic nitrogens is 3. The Hall–Kier alpha value is -3.00. The molecule has 152 valence electrons. The van der Waals surface area contributed by atoms with Gasteiger partial charge in [0.2, 0.25) is 5.91 Å². The number of halogens is 2. The van der Waals surface area contributed by atoms with E-state index < -0.39 is 23.3 Å². The Morgan fingerprint density at radius 3 is 2.69 bits per heavy atom. The Morgan fingerprint density at radius 2 is 2.00 bits per heavy atom. The Balaban J connectivity index is 1.78. The number of anilines is 1. The van der Waals surface area contributed by atoms with Crippen LogP contribution in [-0.2, 0) is 14.3 Å². The molecule has 0 spiro atoms.